The number of phosphoric acid groups is 1. The van der Waals surface area contributed by atoms with Crippen molar-refractivity contribution in [2.24, 2.45) is 5.92 Å². The second kappa shape index (κ2) is 14.6. The van der Waals surface area contributed by atoms with Crippen molar-refractivity contribution < 1.29 is 141 Å². The molecule has 0 radical (unpaired) electrons. The predicted octanol–water partition coefficient (Wildman–Crippen LogP) is -6.95. The van der Waals surface area contributed by atoms with Crippen LogP contribution in [0.2, 0.25) is 0 Å². The predicted molar refractivity (Wildman–Crippen MR) is 141 cm³/mol. The summed E-state index contributed by atoms with van der Waals surface area (Å²) < 4.78 is 65.9. The number of benzene rings is 2. The van der Waals surface area contributed by atoms with E-state index in [2.05, 4.69) is 4.52 Å². The van der Waals surface area contributed by atoms with Crippen LogP contribution in [0, 0.1) is 5.92 Å². The molecule has 248 valence electrons. The molecule has 0 spiro atoms. The Labute approximate surface area is 316 Å². The van der Waals surface area contributed by atoms with E-state index in [0.717, 1.165) is 0 Å². The number of rotatable bonds is 7. The standard InChI is InChI=1S/C28H29O17P.2Na/c1-36-16-3-10(4-17(37-2)24(16)45-46(33,34)35)19-11-5-14-15(41-9-40-14)6-12(11)23(13-7-38-26(31)20(13)19)43-27-22(30)21(29)25-18(42-27)8-39-28(32)44-25;;/h3-7,18-23,25,27-30,32H,8-9H2,1-2H3,(H2,33,34,35);;/q;2*+1/p-2/t18-,19-,20+,21-,22-,23-,25-,27-,28+;;/m1../s1. The van der Waals surface area contributed by atoms with Gasteiger partial charge in [-0.3, -0.25) is 4.79 Å². The zero-order valence-corrected chi connectivity index (χ0v) is 30.9. The number of esters is 1. The average molecular weight is 712 g/mol. The third-order valence-corrected chi connectivity index (χ3v) is 8.79. The molecule has 4 aliphatic heterocycles. The quantitative estimate of drug-likeness (QED) is 0.138. The maximum Gasteiger partial charge on any atom is 1.00 e. The first-order valence-electron chi connectivity index (χ1n) is 13.9. The molecule has 9 atom stereocenters. The topological polar surface area (TPSA) is 233 Å². The van der Waals surface area contributed by atoms with Crippen LogP contribution in [-0.2, 0) is 33.0 Å². The second-order valence-corrected chi connectivity index (χ2v) is 12.0. The molecule has 48 heavy (non-hydrogen) atoms. The summed E-state index contributed by atoms with van der Waals surface area (Å²) in [4.78, 5) is 36.4. The molecule has 0 bridgehead atoms. The molecule has 2 aromatic rings. The average Bonchev–Trinajstić information content (AvgIpc) is 3.64. The molecule has 17 nitrogen and oxygen atoms in total. The van der Waals surface area contributed by atoms with Gasteiger partial charge >= 0.3 is 65.1 Å². The van der Waals surface area contributed by atoms with Crippen molar-refractivity contribution in [3.8, 4) is 28.7 Å². The first kappa shape index (κ1) is 37.8. The molecular weight excluding hydrogens is 685 g/mol. The Morgan fingerprint density at radius 1 is 0.896 bits per heavy atom. The third kappa shape index (κ3) is 6.78. The van der Waals surface area contributed by atoms with E-state index in [0.29, 0.717) is 33.8 Å². The molecule has 2 fully saturated rings. The molecule has 5 aliphatic rings. The molecule has 20 heteroatoms. The molecule has 3 N–H and O–H groups in total. The smallest absolute Gasteiger partial charge is 0.780 e. The van der Waals surface area contributed by atoms with Gasteiger partial charge in [0.2, 0.25) is 12.5 Å². The summed E-state index contributed by atoms with van der Waals surface area (Å²) >= 11 is 0. The number of aliphatic hydroxyl groups excluding tert-OH is 3. The molecule has 7 rings (SSSR count). The van der Waals surface area contributed by atoms with E-state index >= 15 is 0 Å². The number of ether oxygens (including phenoxy) is 9. The number of hydrogen-bond donors (Lipinski definition) is 3. The third-order valence-electron chi connectivity index (χ3n) is 8.39. The minimum Gasteiger partial charge on any atom is -0.780 e. The summed E-state index contributed by atoms with van der Waals surface area (Å²) in [6.45, 7) is -1.85. The van der Waals surface area contributed by atoms with Crippen LogP contribution in [0.25, 0.3) is 0 Å². The molecular formula is C28H27Na2O17P. The molecule has 0 unspecified atom stereocenters. The van der Waals surface area contributed by atoms with E-state index in [1.54, 1.807) is 12.1 Å². The van der Waals surface area contributed by atoms with Gasteiger partial charge in [-0.1, -0.05) is 0 Å². The molecule has 4 heterocycles. The van der Waals surface area contributed by atoms with Gasteiger partial charge in [-0.05, 0) is 41.0 Å². The summed E-state index contributed by atoms with van der Waals surface area (Å²) in [7, 11) is -3.06. The summed E-state index contributed by atoms with van der Waals surface area (Å²) in [5, 5.41) is 31.5. The Hall–Kier alpha value is -1.48. The van der Waals surface area contributed by atoms with Gasteiger partial charge in [-0.25, -0.2) is 0 Å². The van der Waals surface area contributed by atoms with Gasteiger partial charge < -0.3 is 76.8 Å². The molecule has 2 aromatic carbocycles. The minimum absolute atomic E-state index is 0. The Bertz CT molecular complexity index is 1610. The van der Waals surface area contributed by atoms with Crippen molar-refractivity contribution in [1.82, 2.24) is 0 Å². The fourth-order valence-electron chi connectivity index (χ4n) is 6.40. The summed E-state index contributed by atoms with van der Waals surface area (Å²) in [6.07, 6.45) is -6.50. The van der Waals surface area contributed by atoms with Gasteiger partial charge in [0.05, 0.1) is 33.0 Å². The van der Waals surface area contributed by atoms with Crippen LogP contribution in [0.4, 0.5) is 0 Å². The van der Waals surface area contributed by atoms with Crippen LogP contribution in [0.1, 0.15) is 28.7 Å². The van der Waals surface area contributed by atoms with Gasteiger partial charge in [-0.15, -0.1) is 0 Å². The number of carbonyl (C=O) groups is 1. The summed E-state index contributed by atoms with van der Waals surface area (Å²) in [5.74, 6) is -2.62. The van der Waals surface area contributed by atoms with E-state index in [-0.39, 0.29) is 84.0 Å². The molecule has 1 aliphatic carbocycles. The zero-order valence-electron chi connectivity index (χ0n) is 26.0. The van der Waals surface area contributed by atoms with Gasteiger partial charge in [0.1, 0.15) is 38.3 Å². The van der Waals surface area contributed by atoms with E-state index < -0.39 is 74.7 Å². The maximum absolute atomic E-state index is 13.4. The van der Waals surface area contributed by atoms with Gasteiger partial charge in [0.15, 0.2) is 29.3 Å². The molecule has 0 saturated carbocycles. The fourth-order valence-corrected chi connectivity index (χ4v) is 6.81. The first-order valence-corrected chi connectivity index (χ1v) is 15.4. The number of carbonyl (C=O) groups excluding carboxylic acids is 1. The molecule has 0 amide bonds. The van der Waals surface area contributed by atoms with Crippen LogP contribution in [0.5, 0.6) is 28.7 Å². The fraction of sp³-hybridized carbons (Fsp3) is 0.464. The normalized spacial score (nSPS) is 31.5. The van der Waals surface area contributed by atoms with Crippen LogP contribution >= 0.6 is 7.82 Å². The minimum atomic E-state index is -5.52. The summed E-state index contributed by atoms with van der Waals surface area (Å²) in [5.41, 5.74) is 1.64. The number of fused-ring (bicyclic) bond motifs is 4. The van der Waals surface area contributed by atoms with Crippen molar-refractivity contribution in [2.75, 3.05) is 27.6 Å². The van der Waals surface area contributed by atoms with E-state index in [1.165, 1.54) is 32.6 Å². The molecule has 0 aromatic heterocycles. The first-order chi connectivity index (χ1) is 22.0. The number of cyclic esters (lactones) is 1. The van der Waals surface area contributed by atoms with Crippen LogP contribution in [0.3, 0.4) is 0 Å². The second-order valence-electron chi connectivity index (χ2n) is 10.9. The maximum atomic E-state index is 13.4. The Balaban J connectivity index is 0.00000225. The number of hydrogen-bond acceptors (Lipinski definition) is 17. The van der Waals surface area contributed by atoms with Crippen LogP contribution < -0.4 is 92.4 Å². The number of methoxy groups -OCH3 is 2. The van der Waals surface area contributed by atoms with Gasteiger partial charge in [-0.2, -0.15) is 0 Å². The van der Waals surface area contributed by atoms with Crippen molar-refractivity contribution in [1.29, 1.82) is 0 Å². The Morgan fingerprint density at radius 2 is 1.54 bits per heavy atom. The van der Waals surface area contributed by atoms with E-state index in [1.807, 2.05) is 0 Å². The van der Waals surface area contributed by atoms with Crippen LogP contribution in [0.15, 0.2) is 36.1 Å². The van der Waals surface area contributed by atoms with Crippen molar-refractivity contribution in [2.45, 2.75) is 49.2 Å². The number of aliphatic hydroxyl groups is 3. The monoisotopic (exact) mass is 712 g/mol. The van der Waals surface area contributed by atoms with Crippen molar-refractivity contribution in [3.05, 3.63) is 52.8 Å². The van der Waals surface area contributed by atoms with Gasteiger partial charge in [0, 0.05) is 11.5 Å². The summed E-state index contributed by atoms with van der Waals surface area (Å²) in [6, 6.07) is 6.10. The van der Waals surface area contributed by atoms with Gasteiger partial charge in [0.25, 0.3) is 6.48 Å². The van der Waals surface area contributed by atoms with E-state index in [9.17, 15) is 34.5 Å². The largest absolute Gasteiger partial charge is 1.00 e. The van der Waals surface area contributed by atoms with Crippen molar-refractivity contribution in [3.63, 3.8) is 0 Å². The van der Waals surface area contributed by atoms with Crippen molar-refractivity contribution >= 4 is 13.8 Å². The Morgan fingerprint density at radius 3 is 2.17 bits per heavy atom. The SMILES string of the molecule is COc1cc([C@@H]2c3cc4c(cc3[C@@H](O[C@H]3O[C@@H]5CO[C@H](O)O[C@H]5[C@H](O)[C@H]3O)C3=COC(=O)[C@@H]32)OCO4)cc(OC)c1OP(=O)([O-])[O-].[Na+].[Na+]. The zero-order chi connectivity index (χ0) is 32.5. The molecule has 2 saturated heterocycles. The Kier molecular flexibility index (Phi) is 11.5. The van der Waals surface area contributed by atoms with Crippen LogP contribution in [-0.4, -0.2) is 86.1 Å². The number of phosphoric ester groups is 1. The van der Waals surface area contributed by atoms with E-state index in [4.69, 9.17) is 42.6 Å².